The van der Waals surface area contributed by atoms with Gasteiger partial charge in [-0.15, -0.1) is 0 Å². The quantitative estimate of drug-likeness (QED) is 0.843. The molecule has 5 heteroatoms. The molecule has 0 bridgehead atoms. The van der Waals surface area contributed by atoms with Crippen molar-refractivity contribution in [3.05, 3.63) is 17.1 Å². The molecule has 0 spiro atoms. The smallest absolute Gasteiger partial charge is 0.225 e. The summed E-state index contributed by atoms with van der Waals surface area (Å²) in [5.41, 5.74) is 2.34. The van der Waals surface area contributed by atoms with Crippen molar-refractivity contribution < 1.29 is 4.79 Å². The highest BCUT2D eigenvalue weighted by atomic mass is 16.2. The average molecular weight is 345 g/mol. The number of anilines is 1. The van der Waals surface area contributed by atoms with Crippen LogP contribution >= 0.6 is 0 Å². The molecule has 5 nitrogen and oxygen atoms in total. The third kappa shape index (κ3) is 3.96. The number of amides is 1. The molecule has 0 unspecified atom stereocenters. The first-order valence-electron chi connectivity index (χ1n) is 9.86. The summed E-state index contributed by atoms with van der Waals surface area (Å²) in [6, 6.07) is 0. The number of nitrogens with zero attached hydrogens (tertiary/aromatic N) is 4. The molecule has 0 N–H and O–H groups in total. The highest BCUT2D eigenvalue weighted by Gasteiger charge is 2.29. The molecule has 1 saturated heterocycles. The molecule has 1 aromatic rings. The summed E-state index contributed by atoms with van der Waals surface area (Å²) >= 11 is 0. The summed E-state index contributed by atoms with van der Waals surface area (Å²) in [4.78, 5) is 26.6. The van der Waals surface area contributed by atoms with E-state index in [0.717, 1.165) is 62.8 Å². The van der Waals surface area contributed by atoms with Crippen LogP contribution in [0.15, 0.2) is 0 Å². The molecule has 2 aliphatic rings. The second kappa shape index (κ2) is 7.71. The zero-order valence-corrected chi connectivity index (χ0v) is 16.2. The van der Waals surface area contributed by atoms with E-state index in [0.29, 0.717) is 11.8 Å². The minimum atomic E-state index is 0.279. The maximum absolute atomic E-state index is 12.8. The van der Waals surface area contributed by atoms with Gasteiger partial charge in [0.05, 0.1) is 0 Å². The Morgan fingerprint density at radius 3 is 2.40 bits per heavy atom. The van der Waals surface area contributed by atoms with Gasteiger partial charge in [-0.25, -0.2) is 9.97 Å². The summed E-state index contributed by atoms with van der Waals surface area (Å²) in [5, 5.41) is 0. The molecule has 1 aromatic heterocycles. The van der Waals surface area contributed by atoms with Crippen LogP contribution in [0.3, 0.4) is 0 Å². The highest BCUT2D eigenvalue weighted by molar-refractivity contribution is 5.79. The lowest BCUT2D eigenvalue weighted by Gasteiger charge is -2.27. The Morgan fingerprint density at radius 2 is 1.72 bits per heavy atom. The molecule has 3 rings (SSSR count). The van der Waals surface area contributed by atoms with Gasteiger partial charge < -0.3 is 9.80 Å². The van der Waals surface area contributed by atoms with E-state index in [9.17, 15) is 4.79 Å². The molecule has 138 valence electrons. The third-order valence-electron chi connectivity index (χ3n) is 5.62. The number of hydrogen-bond donors (Lipinski definition) is 0. The van der Waals surface area contributed by atoms with Crippen LogP contribution in [0.5, 0.6) is 0 Å². The number of hydrogen-bond acceptors (Lipinski definition) is 4. The first-order chi connectivity index (χ1) is 12.0. The molecule has 0 aromatic carbocycles. The van der Waals surface area contributed by atoms with Gasteiger partial charge in [-0.1, -0.05) is 26.7 Å². The molecular formula is C20H32N4O. The van der Waals surface area contributed by atoms with Gasteiger partial charge in [-0.2, -0.15) is 0 Å². The molecule has 0 atom stereocenters. The monoisotopic (exact) mass is 344 g/mol. The maximum Gasteiger partial charge on any atom is 0.225 e. The van der Waals surface area contributed by atoms with Crippen molar-refractivity contribution in [2.45, 2.75) is 65.7 Å². The van der Waals surface area contributed by atoms with Crippen molar-refractivity contribution in [1.82, 2.24) is 14.9 Å². The number of carbonyl (C=O) groups excluding carboxylic acids is 1. The Morgan fingerprint density at radius 1 is 1.00 bits per heavy atom. The summed E-state index contributed by atoms with van der Waals surface area (Å²) in [6.07, 6.45) is 5.61. The average Bonchev–Trinajstić information content (AvgIpc) is 2.97. The van der Waals surface area contributed by atoms with Crippen molar-refractivity contribution in [2.24, 2.45) is 5.92 Å². The van der Waals surface area contributed by atoms with Crippen LogP contribution in [0, 0.1) is 19.8 Å². The van der Waals surface area contributed by atoms with Crippen molar-refractivity contribution in [1.29, 1.82) is 0 Å². The van der Waals surface area contributed by atoms with E-state index in [1.54, 1.807) is 0 Å². The lowest BCUT2D eigenvalue weighted by atomic mass is 10.0. The predicted octanol–water partition coefficient (Wildman–Crippen LogP) is 3.45. The van der Waals surface area contributed by atoms with E-state index >= 15 is 0 Å². The second-order valence-electron chi connectivity index (χ2n) is 7.90. The van der Waals surface area contributed by atoms with Crippen LogP contribution in [-0.2, 0) is 4.79 Å². The molecule has 2 fully saturated rings. The standard InChI is InChI=1S/C20H32N4O/c1-14(2)18-15(3)21-16(4)22-19(18)23-10-7-11-24(13-12-23)20(25)17-8-5-6-9-17/h14,17H,5-13H2,1-4H3. The normalized spacial score (nSPS) is 19.6. The molecule has 25 heavy (non-hydrogen) atoms. The van der Waals surface area contributed by atoms with Crippen LogP contribution in [0.1, 0.15) is 69.0 Å². The minimum Gasteiger partial charge on any atom is -0.354 e. The van der Waals surface area contributed by atoms with Crippen LogP contribution in [0.2, 0.25) is 0 Å². The molecule has 1 saturated carbocycles. The van der Waals surface area contributed by atoms with Gasteiger partial charge in [-0.05, 0) is 39.0 Å². The van der Waals surface area contributed by atoms with E-state index in [1.807, 2.05) is 6.92 Å². The Bertz CT molecular complexity index is 622. The lowest BCUT2D eigenvalue weighted by Crippen LogP contribution is -2.38. The van der Waals surface area contributed by atoms with Crippen LogP contribution < -0.4 is 4.90 Å². The van der Waals surface area contributed by atoms with Gasteiger partial charge in [0.15, 0.2) is 0 Å². The van der Waals surface area contributed by atoms with E-state index < -0.39 is 0 Å². The lowest BCUT2D eigenvalue weighted by molar-refractivity contribution is -0.135. The zero-order chi connectivity index (χ0) is 18.0. The van der Waals surface area contributed by atoms with Crippen molar-refractivity contribution in [3.8, 4) is 0 Å². The van der Waals surface area contributed by atoms with Gasteiger partial charge >= 0.3 is 0 Å². The summed E-state index contributed by atoms with van der Waals surface area (Å²) in [7, 11) is 0. The Labute approximate surface area is 151 Å². The predicted molar refractivity (Wildman–Crippen MR) is 101 cm³/mol. The van der Waals surface area contributed by atoms with Crippen molar-refractivity contribution >= 4 is 11.7 Å². The minimum absolute atomic E-state index is 0.279. The zero-order valence-electron chi connectivity index (χ0n) is 16.2. The van der Waals surface area contributed by atoms with Gasteiger partial charge in [0.2, 0.25) is 5.91 Å². The molecular weight excluding hydrogens is 312 g/mol. The molecule has 0 radical (unpaired) electrons. The van der Waals surface area contributed by atoms with Gasteiger partial charge in [-0.3, -0.25) is 4.79 Å². The second-order valence-corrected chi connectivity index (χ2v) is 7.90. The van der Waals surface area contributed by atoms with Crippen molar-refractivity contribution in [3.63, 3.8) is 0 Å². The summed E-state index contributed by atoms with van der Waals surface area (Å²) in [5.74, 6) is 2.98. The molecule has 1 aliphatic carbocycles. The largest absolute Gasteiger partial charge is 0.354 e. The Kier molecular flexibility index (Phi) is 5.60. The highest BCUT2D eigenvalue weighted by Crippen LogP contribution is 2.30. The van der Waals surface area contributed by atoms with Gasteiger partial charge in [0.1, 0.15) is 11.6 Å². The number of aromatic nitrogens is 2. The fourth-order valence-electron chi connectivity index (χ4n) is 4.40. The first kappa shape index (κ1) is 18.2. The Hall–Kier alpha value is -1.65. The summed E-state index contributed by atoms with van der Waals surface area (Å²) in [6.45, 7) is 12.0. The van der Waals surface area contributed by atoms with Crippen molar-refractivity contribution in [2.75, 3.05) is 31.1 Å². The van der Waals surface area contributed by atoms with E-state index in [1.165, 1.54) is 18.4 Å². The van der Waals surface area contributed by atoms with Crippen LogP contribution in [0.4, 0.5) is 5.82 Å². The number of carbonyl (C=O) groups is 1. The summed E-state index contributed by atoms with van der Waals surface area (Å²) < 4.78 is 0. The number of rotatable bonds is 3. The third-order valence-corrected chi connectivity index (χ3v) is 5.62. The number of aryl methyl sites for hydroxylation is 2. The van der Waals surface area contributed by atoms with Crippen LogP contribution in [-0.4, -0.2) is 47.0 Å². The molecule has 1 amide bonds. The maximum atomic E-state index is 12.8. The topological polar surface area (TPSA) is 49.3 Å². The van der Waals surface area contributed by atoms with E-state index in [2.05, 4.69) is 35.6 Å². The van der Waals surface area contributed by atoms with Gasteiger partial charge in [0.25, 0.3) is 0 Å². The van der Waals surface area contributed by atoms with E-state index in [4.69, 9.17) is 4.98 Å². The fraction of sp³-hybridized carbons (Fsp3) is 0.750. The van der Waals surface area contributed by atoms with E-state index in [-0.39, 0.29) is 5.92 Å². The first-order valence-corrected chi connectivity index (χ1v) is 9.86. The van der Waals surface area contributed by atoms with Gasteiger partial charge in [0, 0.05) is 43.4 Å². The Balaban J connectivity index is 1.76. The fourth-order valence-corrected chi connectivity index (χ4v) is 4.40. The SMILES string of the molecule is Cc1nc(C)c(C(C)C)c(N2CCCN(C(=O)C3CCCC3)CC2)n1. The molecule has 1 aliphatic heterocycles. The molecule has 2 heterocycles. The van der Waals surface area contributed by atoms with Crippen LogP contribution in [0.25, 0.3) is 0 Å².